The maximum Gasteiger partial charge on any atom is 0.0941 e. The van der Waals surface area contributed by atoms with Crippen LogP contribution in [0, 0.1) is 36.5 Å². The molecular formula is C45H48N2. The average molecular weight is 617 g/mol. The summed E-state index contributed by atoms with van der Waals surface area (Å²) in [4.78, 5) is 2.29. The maximum absolute atomic E-state index is 8.67. The van der Waals surface area contributed by atoms with E-state index in [1.807, 2.05) is 13.0 Å². The highest BCUT2D eigenvalue weighted by atomic mass is 15.1. The summed E-state index contributed by atoms with van der Waals surface area (Å²) >= 11 is 0. The molecule has 0 N–H and O–H groups in total. The normalized spacial score (nSPS) is 18.1. The topological polar surface area (TPSA) is 27.0 Å². The van der Waals surface area contributed by atoms with Gasteiger partial charge in [0.25, 0.3) is 0 Å². The van der Waals surface area contributed by atoms with E-state index in [0.717, 1.165) is 35.0 Å². The molecule has 0 aromatic heterocycles. The predicted octanol–water partition coefficient (Wildman–Crippen LogP) is 12.9. The summed E-state index contributed by atoms with van der Waals surface area (Å²) in [7, 11) is 0. The highest BCUT2D eigenvalue weighted by Crippen LogP contribution is 2.35. The van der Waals surface area contributed by atoms with Gasteiger partial charge in [0.1, 0.15) is 0 Å². The summed E-state index contributed by atoms with van der Waals surface area (Å²) in [5, 5.41) is 8.67. The lowest BCUT2D eigenvalue weighted by Gasteiger charge is -2.25. The van der Waals surface area contributed by atoms with E-state index in [1.165, 1.54) is 34.2 Å². The average Bonchev–Trinajstić information content (AvgIpc) is 3.09. The van der Waals surface area contributed by atoms with Crippen molar-refractivity contribution < 1.29 is 0 Å². The van der Waals surface area contributed by atoms with Gasteiger partial charge in [0.15, 0.2) is 0 Å². The molecule has 0 saturated heterocycles. The van der Waals surface area contributed by atoms with E-state index in [2.05, 4.69) is 191 Å². The van der Waals surface area contributed by atoms with Gasteiger partial charge in [-0.15, -0.1) is 0 Å². The van der Waals surface area contributed by atoms with Crippen LogP contribution in [0.5, 0.6) is 0 Å². The largest absolute Gasteiger partial charge is 0.311 e. The highest BCUT2D eigenvalue weighted by Gasteiger charge is 2.19. The minimum Gasteiger partial charge on any atom is -0.311 e. The molecule has 2 atom stereocenters. The third-order valence-corrected chi connectivity index (χ3v) is 8.33. The van der Waals surface area contributed by atoms with Crippen LogP contribution in [0.3, 0.4) is 0 Å². The second-order valence-electron chi connectivity index (χ2n) is 12.9. The van der Waals surface area contributed by atoms with Gasteiger partial charge < -0.3 is 4.90 Å². The van der Waals surface area contributed by atoms with Crippen molar-refractivity contribution in [1.29, 1.82) is 5.26 Å². The molecule has 0 fully saturated rings. The van der Waals surface area contributed by atoms with Crippen molar-refractivity contribution in [2.75, 3.05) is 4.90 Å². The molecule has 0 heterocycles. The first-order chi connectivity index (χ1) is 22.7. The zero-order valence-electron chi connectivity index (χ0n) is 28.8. The Morgan fingerprint density at radius 2 is 1.30 bits per heavy atom. The van der Waals surface area contributed by atoms with Gasteiger partial charge in [-0.1, -0.05) is 146 Å². The molecule has 4 aromatic rings. The van der Waals surface area contributed by atoms with Crippen LogP contribution in [0.4, 0.5) is 17.1 Å². The smallest absolute Gasteiger partial charge is 0.0941 e. The van der Waals surface area contributed by atoms with Crippen molar-refractivity contribution in [2.45, 2.75) is 54.4 Å². The number of nitrogens with zero attached hydrogens (tertiary/aromatic N) is 2. The number of hydrogen-bond acceptors (Lipinski definition) is 2. The van der Waals surface area contributed by atoms with Crippen molar-refractivity contribution >= 4 is 17.1 Å². The number of rotatable bonds is 5. The number of aryl methyl sites for hydroxylation is 2. The molecule has 0 bridgehead atoms. The van der Waals surface area contributed by atoms with Crippen LogP contribution >= 0.6 is 0 Å². The molecule has 2 aliphatic carbocycles. The highest BCUT2D eigenvalue weighted by molar-refractivity contribution is 5.78. The minimum absolute atomic E-state index is 0.0410. The first-order valence-electron chi connectivity index (χ1n) is 16.5. The third kappa shape index (κ3) is 10.7. The number of para-hydroxylation sites is 1. The van der Waals surface area contributed by atoms with Crippen LogP contribution in [0.15, 0.2) is 163 Å². The van der Waals surface area contributed by atoms with Crippen molar-refractivity contribution in [3.8, 4) is 17.2 Å². The number of hydrogen-bond donors (Lipinski definition) is 0. The Labute approximate surface area is 283 Å². The van der Waals surface area contributed by atoms with Crippen LogP contribution in [0.1, 0.15) is 51.7 Å². The van der Waals surface area contributed by atoms with E-state index in [1.54, 1.807) is 0 Å². The zero-order valence-corrected chi connectivity index (χ0v) is 28.8. The van der Waals surface area contributed by atoms with E-state index < -0.39 is 0 Å². The van der Waals surface area contributed by atoms with E-state index in [4.69, 9.17) is 5.26 Å². The molecule has 2 unspecified atom stereocenters. The molecule has 0 spiro atoms. The Morgan fingerprint density at radius 3 is 1.77 bits per heavy atom. The number of allylic oxidation sites excluding steroid dienone is 10. The summed E-state index contributed by atoms with van der Waals surface area (Å²) in [6.07, 6.45) is 19.4. The van der Waals surface area contributed by atoms with Crippen molar-refractivity contribution in [3.63, 3.8) is 0 Å². The quantitative estimate of drug-likeness (QED) is 0.209. The van der Waals surface area contributed by atoms with Gasteiger partial charge in [-0.25, -0.2) is 0 Å². The molecule has 4 aromatic carbocycles. The van der Waals surface area contributed by atoms with Gasteiger partial charge >= 0.3 is 0 Å². The molecule has 2 aliphatic rings. The monoisotopic (exact) mass is 616 g/mol. The Bertz CT molecular complexity index is 1760. The Kier molecular flexibility index (Phi) is 12.5. The summed E-state index contributed by atoms with van der Waals surface area (Å²) in [5.74, 6) is 0.769. The van der Waals surface area contributed by atoms with Gasteiger partial charge in [0, 0.05) is 28.1 Å². The molecule has 238 valence electrons. The molecule has 0 saturated carbocycles. The van der Waals surface area contributed by atoms with Gasteiger partial charge in [0.05, 0.1) is 6.07 Å². The maximum atomic E-state index is 8.67. The lowest BCUT2D eigenvalue weighted by molar-refractivity contribution is 0.551. The summed E-state index contributed by atoms with van der Waals surface area (Å²) in [5.41, 5.74) is 10.6. The Morgan fingerprint density at radius 1 is 0.766 bits per heavy atom. The minimum atomic E-state index is 0.0410. The molecule has 0 amide bonds. The molecule has 2 nitrogen and oxygen atoms in total. The predicted molar refractivity (Wildman–Crippen MR) is 203 cm³/mol. The fraction of sp³-hybridized carbons (Fsp3) is 0.222. The van der Waals surface area contributed by atoms with Gasteiger partial charge in [-0.2, -0.15) is 5.26 Å². The number of anilines is 3. The van der Waals surface area contributed by atoms with Crippen LogP contribution in [0.25, 0.3) is 11.1 Å². The molecule has 47 heavy (non-hydrogen) atoms. The molecule has 2 heteroatoms. The van der Waals surface area contributed by atoms with Gasteiger partial charge in [-0.3, -0.25) is 0 Å². The zero-order chi connectivity index (χ0) is 33.6. The SMILES string of the molecule is CC1=CCC(C)(/C=C(/C)C#N)C=C1.CC1C=CC=CC1.Cc1ccc(-c2ccc(N(c3ccccc3)c3ccc(C)cc3)cc2)cc1. The first kappa shape index (κ1) is 34.7. The molecule has 0 radical (unpaired) electrons. The lowest BCUT2D eigenvalue weighted by atomic mass is 9.81. The first-order valence-corrected chi connectivity index (χ1v) is 16.5. The van der Waals surface area contributed by atoms with Crippen LogP contribution in [-0.4, -0.2) is 0 Å². The number of benzene rings is 4. The second-order valence-corrected chi connectivity index (χ2v) is 12.9. The number of nitriles is 1. The van der Waals surface area contributed by atoms with Crippen LogP contribution < -0.4 is 4.90 Å². The summed E-state index contributed by atoms with van der Waals surface area (Å²) in [6, 6.07) is 38.8. The van der Waals surface area contributed by atoms with E-state index in [0.29, 0.717) is 0 Å². The molecule has 0 aliphatic heterocycles. The lowest BCUT2D eigenvalue weighted by Crippen LogP contribution is -2.11. The summed E-state index contributed by atoms with van der Waals surface area (Å²) in [6.45, 7) is 12.5. The Hall–Kier alpha value is -5.13. The summed E-state index contributed by atoms with van der Waals surface area (Å²) < 4.78 is 0. The third-order valence-electron chi connectivity index (χ3n) is 8.33. The van der Waals surface area contributed by atoms with Crippen molar-refractivity contribution in [2.24, 2.45) is 11.3 Å². The fourth-order valence-corrected chi connectivity index (χ4v) is 5.44. The molecular weight excluding hydrogens is 569 g/mol. The van der Waals surface area contributed by atoms with Gasteiger partial charge in [-0.05, 0) is 94.0 Å². The van der Waals surface area contributed by atoms with Crippen molar-refractivity contribution in [3.05, 3.63) is 174 Å². The van der Waals surface area contributed by atoms with Crippen molar-refractivity contribution in [1.82, 2.24) is 0 Å². The Balaban J connectivity index is 0.000000206. The van der Waals surface area contributed by atoms with E-state index >= 15 is 0 Å². The fourth-order valence-electron chi connectivity index (χ4n) is 5.44. The second kappa shape index (κ2) is 17.0. The van der Waals surface area contributed by atoms with Crippen LogP contribution in [0.2, 0.25) is 0 Å². The van der Waals surface area contributed by atoms with Crippen LogP contribution in [-0.2, 0) is 0 Å². The van der Waals surface area contributed by atoms with E-state index in [-0.39, 0.29) is 5.41 Å². The standard InChI is InChI=1S/C26H23N.C12H15N.C7H10/c1-20-8-12-22(13-9-20)23-14-18-26(19-15-23)27(24-6-4-3-5-7-24)25-16-10-21(2)11-17-25;1-10-4-6-12(3,7-5-10)8-11(2)9-13;1-7-5-3-2-4-6-7/h3-19H,1-2H3;4-6,8H,7H2,1-3H3;2-5,7H,6H2,1H3/b;11-8-;. The molecule has 6 rings (SSSR count). The van der Waals surface area contributed by atoms with Gasteiger partial charge in [0.2, 0.25) is 0 Å². The van der Waals surface area contributed by atoms with E-state index in [9.17, 15) is 0 Å².